The van der Waals surface area contributed by atoms with Gasteiger partial charge in [0.05, 0.1) is 6.54 Å². The van der Waals surface area contributed by atoms with E-state index in [0.29, 0.717) is 0 Å². The fraction of sp³-hybridized carbons (Fsp3) is 0.500. The highest BCUT2D eigenvalue weighted by Crippen LogP contribution is 1.94. The monoisotopic (exact) mass is 147 g/mol. The molecule has 0 aliphatic heterocycles. The summed E-state index contributed by atoms with van der Waals surface area (Å²) in [5.74, 6) is 1.00. The Morgan fingerprint density at radius 2 is 2.30 bits per heavy atom. The van der Waals surface area contributed by atoms with Gasteiger partial charge in [-0.2, -0.15) is 0 Å². The maximum atomic E-state index is 11.5. The van der Waals surface area contributed by atoms with Gasteiger partial charge < -0.3 is 4.90 Å². The number of terminal acetylenes is 1. The SMILES string of the molecule is C#CC(=O)N(C)CC(F)F. The third-order valence-electron chi connectivity index (χ3n) is 0.882. The number of carbonyl (C=O) groups is 1. The molecule has 10 heavy (non-hydrogen) atoms. The molecule has 0 saturated carbocycles. The molecule has 0 heterocycles. The van der Waals surface area contributed by atoms with Crippen LogP contribution in [0.4, 0.5) is 8.78 Å². The average molecular weight is 147 g/mol. The molecule has 2 nitrogen and oxygen atoms in total. The van der Waals surface area contributed by atoms with E-state index in [0.717, 1.165) is 4.90 Å². The van der Waals surface area contributed by atoms with Gasteiger partial charge in [-0.25, -0.2) is 8.78 Å². The Morgan fingerprint density at radius 1 is 1.80 bits per heavy atom. The molecule has 0 rings (SSSR count). The quantitative estimate of drug-likeness (QED) is 0.516. The van der Waals surface area contributed by atoms with Crippen LogP contribution in [0.25, 0.3) is 0 Å². The van der Waals surface area contributed by atoms with Crippen molar-refractivity contribution < 1.29 is 13.6 Å². The summed E-state index contributed by atoms with van der Waals surface area (Å²) in [7, 11) is 1.23. The molecule has 0 aliphatic carbocycles. The molecule has 0 aromatic rings. The van der Waals surface area contributed by atoms with Gasteiger partial charge in [-0.15, -0.1) is 6.42 Å². The minimum atomic E-state index is -2.53. The van der Waals surface area contributed by atoms with Crippen molar-refractivity contribution in [3.63, 3.8) is 0 Å². The first kappa shape index (κ1) is 8.89. The zero-order valence-corrected chi connectivity index (χ0v) is 5.47. The second-order valence-electron chi connectivity index (χ2n) is 1.72. The Morgan fingerprint density at radius 3 is 2.60 bits per heavy atom. The summed E-state index contributed by atoms with van der Waals surface area (Å²) in [5, 5.41) is 0. The Hall–Kier alpha value is -1.11. The molecular weight excluding hydrogens is 140 g/mol. The van der Waals surface area contributed by atoms with Gasteiger partial charge in [-0.3, -0.25) is 4.79 Å². The van der Waals surface area contributed by atoms with Crippen molar-refractivity contribution in [2.75, 3.05) is 13.6 Å². The van der Waals surface area contributed by atoms with Crippen LogP contribution in [-0.4, -0.2) is 30.8 Å². The van der Waals surface area contributed by atoms with E-state index in [1.54, 1.807) is 5.92 Å². The van der Waals surface area contributed by atoms with Crippen LogP contribution < -0.4 is 0 Å². The Balaban J connectivity index is 3.76. The average Bonchev–Trinajstić information content (AvgIpc) is 1.85. The van der Waals surface area contributed by atoms with Crippen LogP contribution in [0, 0.1) is 12.3 Å². The lowest BCUT2D eigenvalue weighted by molar-refractivity contribution is -0.125. The minimum absolute atomic E-state index is 0.608. The van der Waals surface area contributed by atoms with E-state index in [2.05, 4.69) is 6.42 Å². The predicted octanol–water partition coefficient (Wildman–Crippen LogP) is 0.343. The van der Waals surface area contributed by atoms with Gasteiger partial charge >= 0.3 is 0 Å². The largest absolute Gasteiger partial charge is 0.329 e. The van der Waals surface area contributed by atoms with Gasteiger partial charge in [-0.1, -0.05) is 0 Å². The molecule has 0 atom stereocenters. The second-order valence-corrected chi connectivity index (χ2v) is 1.72. The molecule has 0 fully saturated rings. The minimum Gasteiger partial charge on any atom is -0.329 e. The number of nitrogens with zero attached hydrogens (tertiary/aromatic N) is 1. The zero-order chi connectivity index (χ0) is 8.15. The van der Waals surface area contributed by atoms with E-state index in [4.69, 9.17) is 0 Å². The lowest BCUT2D eigenvalue weighted by Crippen LogP contribution is -2.29. The van der Waals surface area contributed by atoms with E-state index < -0.39 is 18.9 Å². The normalized spacial score (nSPS) is 9.10. The highest BCUT2D eigenvalue weighted by Gasteiger charge is 2.10. The third kappa shape index (κ3) is 3.02. The molecular formula is C6H7F2NO. The van der Waals surface area contributed by atoms with E-state index in [-0.39, 0.29) is 0 Å². The van der Waals surface area contributed by atoms with Gasteiger partial charge in [0.15, 0.2) is 0 Å². The Kier molecular flexibility index (Phi) is 3.40. The highest BCUT2D eigenvalue weighted by molar-refractivity contribution is 5.92. The summed E-state index contributed by atoms with van der Waals surface area (Å²) in [6.07, 6.45) is 2.14. The fourth-order valence-corrected chi connectivity index (χ4v) is 0.400. The molecule has 0 N–H and O–H groups in total. The molecule has 0 unspecified atom stereocenters. The molecule has 0 aromatic carbocycles. The van der Waals surface area contributed by atoms with Crippen molar-refractivity contribution in [1.82, 2.24) is 4.90 Å². The standard InChI is InChI=1S/C6H7F2NO/c1-3-6(10)9(2)4-5(7)8/h1,5H,4H2,2H3. The molecule has 0 spiro atoms. The van der Waals surface area contributed by atoms with Crippen molar-refractivity contribution in [3.8, 4) is 12.3 Å². The number of halogens is 2. The Bertz CT molecular complexity index is 162. The van der Waals surface area contributed by atoms with E-state index in [1.165, 1.54) is 7.05 Å². The maximum Gasteiger partial charge on any atom is 0.298 e. The molecule has 0 radical (unpaired) electrons. The van der Waals surface area contributed by atoms with Crippen molar-refractivity contribution in [2.45, 2.75) is 6.43 Å². The first-order chi connectivity index (χ1) is 4.57. The molecule has 0 aliphatic rings. The van der Waals surface area contributed by atoms with Crippen LogP contribution in [0.2, 0.25) is 0 Å². The summed E-state index contributed by atoms with van der Waals surface area (Å²) in [6, 6.07) is 0. The van der Waals surface area contributed by atoms with Gasteiger partial charge in [0.1, 0.15) is 0 Å². The molecule has 4 heteroatoms. The summed E-state index contributed by atoms with van der Waals surface area (Å²) in [6.45, 7) is -0.608. The first-order valence-electron chi connectivity index (χ1n) is 2.57. The third-order valence-corrected chi connectivity index (χ3v) is 0.882. The molecule has 0 saturated heterocycles. The van der Waals surface area contributed by atoms with Crippen LogP contribution in [0.5, 0.6) is 0 Å². The molecule has 0 aromatic heterocycles. The summed E-state index contributed by atoms with van der Waals surface area (Å²) in [4.78, 5) is 11.2. The number of hydrogen-bond acceptors (Lipinski definition) is 1. The van der Waals surface area contributed by atoms with E-state index in [9.17, 15) is 13.6 Å². The maximum absolute atomic E-state index is 11.5. The smallest absolute Gasteiger partial charge is 0.298 e. The lowest BCUT2D eigenvalue weighted by atomic mass is 10.5. The predicted molar refractivity (Wildman–Crippen MR) is 32.5 cm³/mol. The highest BCUT2D eigenvalue weighted by atomic mass is 19.3. The summed E-state index contributed by atoms with van der Waals surface area (Å²) in [5.41, 5.74) is 0. The number of hydrogen-bond donors (Lipinski definition) is 0. The lowest BCUT2D eigenvalue weighted by Gasteiger charge is -2.11. The molecule has 0 bridgehead atoms. The van der Waals surface area contributed by atoms with Crippen LogP contribution >= 0.6 is 0 Å². The summed E-state index contributed by atoms with van der Waals surface area (Å²) < 4.78 is 23.0. The van der Waals surface area contributed by atoms with Crippen molar-refractivity contribution in [3.05, 3.63) is 0 Å². The van der Waals surface area contributed by atoms with E-state index in [1.807, 2.05) is 0 Å². The molecule has 1 amide bonds. The Labute approximate surface area is 57.8 Å². The topological polar surface area (TPSA) is 20.3 Å². The van der Waals surface area contributed by atoms with Crippen molar-refractivity contribution >= 4 is 5.91 Å². The van der Waals surface area contributed by atoms with E-state index >= 15 is 0 Å². The molecule has 56 valence electrons. The van der Waals surface area contributed by atoms with Crippen molar-refractivity contribution in [1.29, 1.82) is 0 Å². The van der Waals surface area contributed by atoms with Crippen LogP contribution in [0.1, 0.15) is 0 Å². The number of carbonyl (C=O) groups excluding carboxylic acids is 1. The van der Waals surface area contributed by atoms with Crippen LogP contribution in [-0.2, 0) is 4.79 Å². The van der Waals surface area contributed by atoms with Gasteiger partial charge in [0.2, 0.25) is 0 Å². The number of alkyl halides is 2. The number of rotatable bonds is 2. The van der Waals surface area contributed by atoms with Gasteiger partial charge in [0.25, 0.3) is 12.3 Å². The van der Waals surface area contributed by atoms with Gasteiger partial charge in [0, 0.05) is 7.05 Å². The first-order valence-corrected chi connectivity index (χ1v) is 2.57. The zero-order valence-electron chi connectivity index (χ0n) is 5.47. The second kappa shape index (κ2) is 3.83. The van der Waals surface area contributed by atoms with Crippen LogP contribution in [0.15, 0.2) is 0 Å². The number of amides is 1. The van der Waals surface area contributed by atoms with Crippen LogP contribution in [0.3, 0.4) is 0 Å². The van der Waals surface area contributed by atoms with Crippen molar-refractivity contribution in [2.24, 2.45) is 0 Å². The fourth-order valence-electron chi connectivity index (χ4n) is 0.400. The van der Waals surface area contributed by atoms with Gasteiger partial charge in [-0.05, 0) is 5.92 Å². The summed E-state index contributed by atoms with van der Waals surface area (Å²) >= 11 is 0.